The predicted octanol–water partition coefficient (Wildman–Crippen LogP) is 2.40. The fraction of sp³-hybridized carbons (Fsp3) is 0.250. The summed E-state index contributed by atoms with van der Waals surface area (Å²) in [5.74, 6) is 0.501. The van der Waals surface area contributed by atoms with E-state index >= 15 is 0 Å². The third-order valence-corrected chi connectivity index (χ3v) is 3.07. The number of hydrogen-bond acceptors (Lipinski definition) is 4. The van der Waals surface area contributed by atoms with Crippen LogP contribution in [-0.4, -0.2) is 17.3 Å². The van der Waals surface area contributed by atoms with Gasteiger partial charge in [-0.2, -0.15) is 0 Å². The van der Waals surface area contributed by atoms with E-state index in [0.29, 0.717) is 22.6 Å². The highest BCUT2D eigenvalue weighted by Gasteiger charge is 2.12. The molecule has 0 amide bonds. The smallest absolute Gasteiger partial charge is 0.131 e. The number of aliphatic hydroxyl groups excluding tert-OH is 2. The van der Waals surface area contributed by atoms with Crippen LogP contribution in [-0.2, 0) is 19.8 Å². The van der Waals surface area contributed by atoms with Gasteiger partial charge in [0.05, 0.1) is 20.3 Å². The summed E-state index contributed by atoms with van der Waals surface area (Å²) < 4.78 is 24.1. The number of rotatable bonds is 6. The van der Waals surface area contributed by atoms with Crippen molar-refractivity contribution in [2.24, 2.45) is 0 Å². The quantitative estimate of drug-likeness (QED) is 0.858. The molecule has 0 unspecified atom stereocenters. The summed E-state index contributed by atoms with van der Waals surface area (Å²) in [7, 11) is 1.58. The van der Waals surface area contributed by atoms with Crippen molar-refractivity contribution < 1.29 is 24.1 Å². The lowest BCUT2D eigenvalue weighted by Crippen LogP contribution is -2.03. The van der Waals surface area contributed by atoms with E-state index in [4.69, 9.17) is 9.47 Å². The largest absolute Gasteiger partial charge is 0.497 e. The van der Waals surface area contributed by atoms with E-state index in [1.807, 2.05) is 24.3 Å². The molecule has 2 aromatic rings. The van der Waals surface area contributed by atoms with E-state index in [0.717, 1.165) is 5.56 Å². The van der Waals surface area contributed by atoms with E-state index in [1.165, 1.54) is 12.1 Å². The number of hydrogen-bond donors (Lipinski definition) is 2. The Morgan fingerprint density at radius 3 is 2.29 bits per heavy atom. The van der Waals surface area contributed by atoms with Crippen LogP contribution in [0.5, 0.6) is 11.5 Å². The molecular formula is C16H17FO4. The minimum absolute atomic E-state index is 0.225. The number of aliphatic hydroxyl groups is 2. The van der Waals surface area contributed by atoms with Gasteiger partial charge in [0.2, 0.25) is 0 Å². The molecular weight excluding hydrogens is 275 g/mol. The van der Waals surface area contributed by atoms with Crippen molar-refractivity contribution in [3.05, 3.63) is 58.9 Å². The summed E-state index contributed by atoms with van der Waals surface area (Å²) in [5, 5.41) is 18.6. The Balaban J connectivity index is 2.22. The van der Waals surface area contributed by atoms with Crippen LogP contribution in [0, 0.1) is 5.82 Å². The second-order valence-corrected chi connectivity index (χ2v) is 4.51. The third kappa shape index (κ3) is 3.71. The van der Waals surface area contributed by atoms with Gasteiger partial charge in [0.25, 0.3) is 0 Å². The fourth-order valence-corrected chi connectivity index (χ4v) is 2.05. The molecule has 112 valence electrons. The molecule has 2 aromatic carbocycles. The first-order valence-corrected chi connectivity index (χ1v) is 6.46. The number of methoxy groups -OCH3 is 1. The Morgan fingerprint density at radius 2 is 1.71 bits per heavy atom. The zero-order valence-corrected chi connectivity index (χ0v) is 11.7. The molecule has 4 nitrogen and oxygen atoms in total. The molecule has 0 saturated carbocycles. The topological polar surface area (TPSA) is 58.9 Å². The number of halogens is 1. The number of ether oxygens (including phenoxy) is 2. The summed E-state index contributed by atoms with van der Waals surface area (Å²) in [6, 6.07) is 9.73. The Kier molecular flexibility index (Phi) is 5.14. The van der Waals surface area contributed by atoms with Gasteiger partial charge in [0.1, 0.15) is 23.9 Å². The second kappa shape index (κ2) is 7.06. The Bertz CT molecular complexity index is 588. The molecule has 0 radical (unpaired) electrons. The van der Waals surface area contributed by atoms with Gasteiger partial charge < -0.3 is 19.7 Å². The maximum absolute atomic E-state index is 13.3. The van der Waals surface area contributed by atoms with Crippen molar-refractivity contribution >= 4 is 0 Å². The van der Waals surface area contributed by atoms with Crippen molar-refractivity contribution in [1.82, 2.24) is 0 Å². The lowest BCUT2D eigenvalue weighted by Gasteiger charge is -2.14. The molecule has 0 bridgehead atoms. The summed E-state index contributed by atoms with van der Waals surface area (Å²) in [6.07, 6.45) is 0. The van der Waals surface area contributed by atoms with Crippen LogP contribution in [0.4, 0.5) is 4.39 Å². The lowest BCUT2D eigenvalue weighted by molar-refractivity contribution is 0.241. The maximum atomic E-state index is 13.3. The van der Waals surface area contributed by atoms with Gasteiger partial charge in [0, 0.05) is 11.1 Å². The molecule has 0 atom stereocenters. The van der Waals surface area contributed by atoms with Gasteiger partial charge in [-0.25, -0.2) is 4.39 Å². The average Bonchev–Trinajstić information content (AvgIpc) is 2.52. The van der Waals surface area contributed by atoms with Crippen molar-refractivity contribution in [2.75, 3.05) is 7.11 Å². The van der Waals surface area contributed by atoms with Gasteiger partial charge in [-0.1, -0.05) is 12.1 Å². The molecule has 5 heteroatoms. The van der Waals surface area contributed by atoms with Gasteiger partial charge in [0.15, 0.2) is 0 Å². The second-order valence-electron chi connectivity index (χ2n) is 4.51. The minimum Gasteiger partial charge on any atom is -0.497 e. The first-order chi connectivity index (χ1) is 10.2. The normalized spacial score (nSPS) is 10.5. The van der Waals surface area contributed by atoms with Crippen LogP contribution in [0.3, 0.4) is 0 Å². The predicted molar refractivity (Wildman–Crippen MR) is 75.6 cm³/mol. The SMILES string of the molecule is COc1cccc(COc2c(CO)cc(F)cc2CO)c1. The molecule has 21 heavy (non-hydrogen) atoms. The van der Waals surface area contributed by atoms with E-state index in [1.54, 1.807) is 7.11 Å². The van der Waals surface area contributed by atoms with Crippen molar-refractivity contribution in [3.8, 4) is 11.5 Å². The molecule has 2 rings (SSSR count). The number of benzene rings is 2. The summed E-state index contributed by atoms with van der Waals surface area (Å²) in [6.45, 7) is -0.501. The molecule has 0 aliphatic rings. The van der Waals surface area contributed by atoms with E-state index in [2.05, 4.69) is 0 Å². The van der Waals surface area contributed by atoms with Crippen LogP contribution < -0.4 is 9.47 Å². The van der Waals surface area contributed by atoms with Gasteiger partial charge >= 0.3 is 0 Å². The molecule has 0 saturated heterocycles. The summed E-state index contributed by atoms with van der Waals surface area (Å²) >= 11 is 0. The van der Waals surface area contributed by atoms with Gasteiger partial charge in [-0.15, -0.1) is 0 Å². The van der Waals surface area contributed by atoms with Crippen molar-refractivity contribution in [2.45, 2.75) is 19.8 Å². The zero-order chi connectivity index (χ0) is 15.2. The van der Waals surface area contributed by atoms with Crippen LogP contribution in [0.2, 0.25) is 0 Å². The van der Waals surface area contributed by atoms with Crippen molar-refractivity contribution in [1.29, 1.82) is 0 Å². The maximum Gasteiger partial charge on any atom is 0.131 e. The van der Waals surface area contributed by atoms with Crippen LogP contribution in [0.15, 0.2) is 36.4 Å². The highest BCUT2D eigenvalue weighted by molar-refractivity contribution is 5.42. The summed E-state index contributed by atoms with van der Waals surface area (Å²) in [4.78, 5) is 0. The Labute approximate surface area is 122 Å². The molecule has 2 N–H and O–H groups in total. The molecule has 0 aliphatic carbocycles. The molecule has 0 spiro atoms. The molecule has 0 heterocycles. The first kappa shape index (κ1) is 15.3. The molecule has 0 aromatic heterocycles. The van der Waals surface area contributed by atoms with Gasteiger partial charge in [-0.05, 0) is 29.8 Å². The van der Waals surface area contributed by atoms with Crippen LogP contribution >= 0.6 is 0 Å². The highest BCUT2D eigenvalue weighted by Crippen LogP contribution is 2.27. The summed E-state index contributed by atoms with van der Waals surface area (Å²) in [5.41, 5.74) is 1.48. The lowest BCUT2D eigenvalue weighted by atomic mass is 10.1. The first-order valence-electron chi connectivity index (χ1n) is 6.46. The highest BCUT2D eigenvalue weighted by atomic mass is 19.1. The van der Waals surface area contributed by atoms with E-state index in [-0.39, 0.29) is 19.8 Å². The van der Waals surface area contributed by atoms with E-state index < -0.39 is 5.82 Å². The van der Waals surface area contributed by atoms with Crippen molar-refractivity contribution in [3.63, 3.8) is 0 Å². The van der Waals surface area contributed by atoms with Crippen LogP contribution in [0.1, 0.15) is 16.7 Å². The standard InChI is InChI=1S/C16H17FO4/c1-20-15-4-2-3-11(5-15)10-21-16-12(8-18)6-14(17)7-13(16)9-19/h2-7,18-19H,8-10H2,1H3. The third-order valence-electron chi connectivity index (χ3n) is 3.07. The average molecular weight is 292 g/mol. The molecule has 0 aliphatic heterocycles. The van der Waals surface area contributed by atoms with E-state index in [9.17, 15) is 14.6 Å². The Hall–Kier alpha value is -2.11. The van der Waals surface area contributed by atoms with Gasteiger partial charge in [-0.3, -0.25) is 0 Å². The van der Waals surface area contributed by atoms with Crippen LogP contribution in [0.25, 0.3) is 0 Å². The minimum atomic E-state index is -0.517. The fourth-order valence-electron chi connectivity index (χ4n) is 2.05. The zero-order valence-electron chi connectivity index (χ0n) is 11.7. The monoisotopic (exact) mass is 292 g/mol. The Morgan fingerprint density at radius 1 is 1.05 bits per heavy atom. The molecule has 0 fully saturated rings.